The second-order valence-corrected chi connectivity index (χ2v) is 4.78. The van der Waals surface area contributed by atoms with Crippen molar-refractivity contribution in [1.29, 1.82) is 0 Å². The van der Waals surface area contributed by atoms with Gasteiger partial charge in [0.15, 0.2) is 0 Å². The van der Waals surface area contributed by atoms with E-state index in [0.717, 1.165) is 29.2 Å². The third kappa shape index (κ3) is 2.49. The molecule has 0 amide bonds. The van der Waals surface area contributed by atoms with E-state index in [1.165, 1.54) is 11.1 Å². The lowest BCUT2D eigenvalue weighted by Gasteiger charge is -2.11. The molecule has 1 aromatic heterocycles. The Morgan fingerprint density at radius 1 is 1.32 bits per heavy atom. The van der Waals surface area contributed by atoms with Crippen LogP contribution in [0.25, 0.3) is 11.3 Å². The molecule has 4 heteroatoms. The molecule has 4 nitrogen and oxygen atoms in total. The minimum Gasteiger partial charge on any atom is -0.496 e. The average Bonchev–Trinajstić information content (AvgIpc) is 2.65. The molecule has 0 bridgehead atoms. The maximum atomic E-state index is 5.48. The fraction of sp³-hybridized carbons (Fsp3) is 0.400. The molecule has 2 aromatic rings. The first-order valence-corrected chi connectivity index (χ1v) is 6.40. The van der Waals surface area contributed by atoms with Gasteiger partial charge >= 0.3 is 0 Å². The molecular formula is C15H21N3O. The van der Waals surface area contributed by atoms with Crippen molar-refractivity contribution in [3.8, 4) is 17.0 Å². The summed E-state index contributed by atoms with van der Waals surface area (Å²) >= 11 is 0. The van der Waals surface area contributed by atoms with Gasteiger partial charge in [-0.1, -0.05) is 11.6 Å². The molecule has 0 radical (unpaired) electrons. The molecule has 0 unspecified atom stereocenters. The zero-order valence-electron chi connectivity index (χ0n) is 12.2. The summed E-state index contributed by atoms with van der Waals surface area (Å²) in [6.07, 6.45) is 0. The van der Waals surface area contributed by atoms with Crippen molar-refractivity contribution in [2.75, 3.05) is 14.2 Å². The highest BCUT2D eigenvalue weighted by Crippen LogP contribution is 2.33. The topological polar surface area (TPSA) is 39.1 Å². The lowest BCUT2D eigenvalue weighted by Crippen LogP contribution is -2.06. The van der Waals surface area contributed by atoms with Gasteiger partial charge in [0.05, 0.1) is 18.5 Å². The van der Waals surface area contributed by atoms with Crippen molar-refractivity contribution < 1.29 is 4.74 Å². The van der Waals surface area contributed by atoms with Crippen LogP contribution < -0.4 is 10.1 Å². The number of aromatic nitrogens is 2. The van der Waals surface area contributed by atoms with Gasteiger partial charge in [0, 0.05) is 19.2 Å². The molecule has 1 N–H and O–H groups in total. The van der Waals surface area contributed by atoms with Gasteiger partial charge in [-0.05, 0) is 38.6 Å². The number of ether oxygens (including phenoxy) is 1. The molecule has 1 heterocycles. The van der Waals surface area contributed by atoms with Crippen molar-refractivity contribution in [2.24, 2.45) is 7.05 Å². The van der Waals surface area contributed by atoms with Crippen LogP contribution in [0.5, 0.6) is 5.75 Å². The Morgan fingerprint density at radius 2 is 2.05 bits per heavy atom. The summed E-state index contributed by atoms with van der Waals surface area (Å²) in [5.41, 5.74) is 5.69. The smallest absolute Gasteiger partial charge is 0.128 e. The lowest BCUT2D eigenvalue weighted by atomic mass is 10.0. The molecule has 1 aromatic carbocycles. The van der Waals surface area contributed by atoms with Crippen LogP contribution in [0.2, 0.25) is 0 Å². The van der Waals surface area contributed by atoms with Gasteiger partial charge < -0.3 is 10.1 Å². The van der Waals surface area contributed by atoms with Gasteiger partial charge in [0.2, 0.25) is 0 Å². The Balaban J connectivity index is 2.61. The quantitative estimate of drug-likeness (QED) is 0.916. The summed E-state index contributed by atoms with van der Waals surface area (Å²) in [5, 5.41) is 7.73. The van der Waals surface area contributed by atoms with E-state index in [9.17, 15) is 0 Å². The standard InChI is InChI=1S/C15H21N3O/c1-10-6-7-14(19-5)12(8-10)15-11(2)13(9-16-3)17-18(15)4/h6-8,16H,9H2,1-5H3. The fourth-order valence-electron chi connectivity index (χ4n) is 2.40. The minimum atomic E-state index is 0.772. The van der Waals surface area contributed by atoms with Crippen LogP contribution in [0.15, 0.2) is 18.2 Å². The second-order valence-electron chi connectivity index (χ2n) is 4.78. The van der Waals surface area contributed by atoms with Gasteiger partial charge in [-0.3, -0.25) is 4.68 Å². The Hall–Kier alpha value is -1.81. The molecule has 0 saturated carbocycles. The number of methoxy groups -OCH3 is 1. The zero-order valence-corrected chi connectivity index (χ0v) is 12.2. The van der Waals surface area contributed by atoms with E-state index in [-0.39, 0.29) is 0 Å². The molecule has 0 spiro atoms. The van der Waals surface area contributed by atoms with E-state index in [0.29, 0.717) is 0 Å². The van der Waals surface area contributed by atoms with E-state index in [4.69, 9.17) is 4.74 Å². The number of rotatable bonds is 4. The first kappa shape index (κ1) is 13.6. The van der Waals surface area contributed by atoms with Gasteiger partial charge in [-0.2, -0.15) is 5.10 Å². The molecule has 0 atom stereocenters. The van der Waals surface area contributed by atoms with E-state index in [1.54, 1.807) is 7.11 Å². The number of nitrogens with zero attached hydrogens (tertiary/aromatic N) is 2. The van der Waals surface area contributed by atoms with Gasteiger partial charge in [0.1, 0.15) is 5.75 Å². The van der Waals surface area contributed by atoms with Gasteiger partial charge in [0.25, 0.3) is 0 Å². The number of hydrogen-bond acceptors (Lipinski definition) is 3. The Bertz CT molecular complexity index is 587. The highest BCUT2D eigenvalue weighted by molar-refractivity contribution is 5.71. The Morgan fingerprint density at radius 3 is 2.68 bits per heavy atom. The molecule has 19 heavy (non-hydrogen) atoms. The summed E-state index contributed by atoms with van der Waals surface area (Å²) < 4.78 is 7.41. The van der Waals surface area contributed by atoms with E-state index < -0.39 is 0 Å². The van der Waals surface area contributed by atoms with Crippen molar-refractivity contribution in [3.63, 3.8) is 0 Å². The summed E-state index contributed by atoms with van der Waals surface area (Å²) in [4.78, 5) is 0. The van der Waals surface area contributed by atoms with E-state index in [2.05, 4.69) is 36.4 Å². The predicted octanol–water partition coefficient (Wildman–Crippen LogP) is 2.43. The summed E-state index contributed by atoms with van der Waals surface area (Å²) in [6, 6.07) is 6.21. The normalized spacial score (nSPS) is 10.8. The molecule has 102 valence electrons. The second kappa shape index (κ2) is 5.45. The van der Waals surface area contributed by atoms with Crippen LogP contribution >= 0.6 is 0 Å². The number of nitrogens with one attached hydrogen (secondary N) is 1. The molecule has 2 rings (SSSR count). The third-order valence-electron chi connectivity index (χ3n) is 3.34. The van der Waals surface area contributed by atoms with Crippen LogP contribution in [-0.4, -0.2) is 23.9 Å². The maximum Gasteiger partial charge on any atom is 0.128 e. The van der Waals surface area contributed by atoms with Crippen LogP contribution in [0.3, 0.4) is 0 Å². The zero-order chi connectivity index (χ0) is 14.0. The Kier molecular flexibility index (Phi) is 3.90. The first-order chi connectivity index (χ1) is 9.08. The highest BCUT2D eigenvalue weighted by Gasteiger charge is 2.17. The molecule has 0 aliphatic heterocycles. The van der Waals surface area contributed by atoms with E-state index in [1.807, 2.05) is 24.8 Å². The summed E-state index contributed by atoms with van der Waals surface area (Å²) in [6.45, 7) is 4.97. The van der Waals surface area contributed by atoms with Crippen molar-refractivity contribution in [2.45, 2.75) is 20.4 Å². The van der Waals surface area contributed by atoms with Gasteiger partial charge in [-0.25, -0.2) is 0 Å². The SMILES string of the molecule is CNCc1nn(C)c(-c2cc(C)ccc2OC)c1C. The van der Waals surface area contributed by atoms with Crippen LogP contribution in [-0.2, 0) is 13.6 Å². The van der Waals surface area contributed by atoms with Gasteiger partial charge in [-0.15, -0.1) is 0 Å². The number of aryl methyl sites for hydroxylation is 2. The molecule has 0 fully saturated rings. The Labute approximate surface area is 114 Å². The van der Waals surface area contributed by atoms with Crippen LogP contribution in [0.1, 0.15) is 16.8 Å². The summed E-state index contributed by atoms with van der Waals surface area (Å²) in [5.74, 6) is 0.882. The minimum absolute atomic E-state index is 0.772. The number of hydrogen-bond donors (Lipinski definition) is 1. The molecular weight excluding hydrogens is 238 g/mol. The fourth-order valence-corrected chi connectivity index (χ4v) is 2.40. The highest BCUT2D eigenvalue weighted by atomic mass is 16.5. The van der Waals surface area contributed by atoms with Crippen molar-refractivity contribution in [3.05, 3.63) is 35.0 Å². The van der Waals surface area contributed by atoms with E-state index >= 15 is 0 Å². The lowest BCUT2D eigenvalue weighted by molar-refractivity contribution is 0.416. The maximum absolute atomic E-state index is 5.48. The first-order valence-electron chi connectivity index (χ1n) is 6.40. The third-order valence-corrected chi connectivity index (χ3v) is 3.34. The van der Waals surface area contributed by atoms with Crippen LogP contribution in [0.4, 0.5) is 0 Å². The van der Waals surface area contributed by atoms with Crippen molar-refractivity contribution in [1.82, 2.24) is 15.1 Å². The monoisotopic (exact) mass is 259 g/mol. The van der Waals surface area contributed by atoms with Crippen molar-refractivity contribution >= 4 is 0 Å². The summed E-state index contributed by atoms with van der Waals surface area (Å²) in [7, 11) is 5.61. The molecule has 0 aliphatic carbocycles. The average molecular weight is 259 g/mol. The molecule has 0 saturated heterocycles. The molecule has 0 aliphatic rings. The predicted molar refractivity (Wildman–Crippen MR) is 77.4 cm³/mol. The number of benzene rings is 1. The van der Waals surface area contributed by atoms with Crippen LogP contribution in [0, 0.1) is 13.8 Å². The largest absolute Gasteiger partial charge is 0.496 e.